The Morgan fingerprint density at radius 1 is 0.865 bits per heavy atom. The van der Waals surface area contributed by atoms with Gasteiger partial charge in [0.15, 0.2) is 0 Å². The van der Waals surface area contributed by atoms with Gasteiger partial charge in [-0.15, -0.1) is 13.2 Å². The number of methoxy groups -OCH3 is 1. The van der Waals surface area contributed by atoms with Gasteiger partial charge in [-0.2, -0.15) is 0 Å². The second-order valence-corrected chi connectivity index (χ2v) is 9.05. The second kappa shape index (κ2) is 9.89. The van der Waals surface area contributed by atoms with Crippen LogP contribution in [0.2, 0.25) is 0 Å². The molecule has 0 saturated carbocycles. The summed E-state index contributed by atoms with van der Waals surface area (Å²) in [6.45, 7) is 5.68. The van der Waals surface area contributed by atoms with Crippen LogP contribution in [0.25, 0.3) is 33.2 Å². The van der Waals surface area contributed by atoms with Gasteiger partial charge < -0.3 is 19.1 Å². The summed E-state index contributed by atoms with van der Waals surface area (Å²) >= 11 is 0. The summed E-state index contributed by atoms with van der Waals surface area (Å²) in [4.78, 5) is 11.6. The van der Waals surface area contributed by atoms with Crippen molar-refractivity contribution in [2.75, 3.05) is 25.1 Å². The van der Waals surface area contributed by atoms with Crippen LogP contribution < -0.4 is 14.4 Å². The van der Waals surface area contributed by atoms with Crippen LogP contribution in [0.15, 0.2) is 67.0 Å². The molecule has 37 heavy (non-hydrogen) atoms. The smallest absolute Gasteiger partial charge is 0.495 e. The Labute approximate surface area is 212 Å². The predicted molar refractivity (Wildman–Crippen MR) is 136 cm³/mol. The highest BCUT2D eigenvalue weighted by molar-refractivity contribution is 6.00. The van der Waals surface area contributed by atoms with Crippen molar-refractivity contribution in [3.8, 4) is 33.8 Å². The van der Waals surface area contributed by atoms with E-state index in [2.05, 4.69) is 23.5 Å². The van der Waals surface area contributed by atoms with Crippen LogP contribution in [-0.4, -0.2) is 48.7 Å². The molecule has 9 heteroatoms. The summed E-state index contributed by atoms with van der Waals surface area (Å²) in [5.74, 6) is 1.26. The molecule has 1 aliphatic rings. The van der Waals surface area contributed by atoms with E-state index in [1.165, 1.54) is 12.1 Å². The summed E-state index contributed by atoms with van der Waals surface area (Å²) in [5, 5.41) is 0.785. The monoisotopic (exact) mass is 509 g/mol. The average Bonchev–Trinajstić information content (AvgIpc) is 2.87. The maximum atomic E-state index is 12.5. The average molecular weight is 510 g/mol. The Morgan fingerprint density at radius 3 is 2.19 bits per heavy atom. The fourth-order valence-electron chi connectivity index (χ4n) is 4.79. The van der Waals surface area contributed by atoms with Crippen molar-refractivity contribution in [2.45, 2.75) is 32.4 Å². The standard InChI is InChI=1S/C28H26F3N3O3/c1-17-15-34(16-18(2)36-17)25-12-9-20(13-32-25)24-14-33-26-22(5-4-6-23(26)27(24)35-3)19-7-10-21(11-8-19)37-28(29,30)31/h4-14,17-18H,15-16H2,1-3H3/t17-,18?/m1/s1. The molecule has 0 aliphatic carbocycles. The van der Waals surface area contributed by atoms with Gasteiger partial charge in [0.1, 0.15) is 17.3 Å². The van der Waals surface area contributed by atoms with Gasteiger partial charge in [0, 0.05) is 47.6 Å². The molecule has 6 nitrogen and oxygen atoms in total. The topological polar surface area (TPSA) is 56.7 Å². The number of pyridine rings is 2. The minimum Gasteiger partial charge on any atom is -0.495 e. The van der Waals surface area contributed by atoms with Crippen LogP contribution in [0.1, 0.15) is 13.8 Å². The van der Waals surface area contributed by atoms with E-state index in [-0.39, 0.29) is 18.0 Å². The van der Waals surface area contributed by atoms with E-state index in [9.17, 15) is 13.2 Å². The van der Waals surface area contributed by atoms with Gasteiger partial charge in [-0.1, -0.05) is 24.3 Å². The molecule has 5 rings (SSSR count). The van der Waals surface area contributed by atoms with E-state index in [0.717, 1.165) is 41.0 Å². The van der Waals surface area contributed by atoms with Crippen molar-refractivity contribution < 1.29 is 27.4 Å². The molecule has 4 aromatic rings. The number of para-hydroxylation sites is 1. The number of fused-ring (bicyclic) bond motifs is 1. The summed E-state index contributed by atoms with van der Waals surface area (Å²) in [5.41, 5.74) is 3.81. The first-order valence-corrected chi connectivity index (χ1v) is 11.9. The van der Waals surface area contributed by atoms with E-state index in [1.54, 1.807) is 25.4 Å². The van der Waals surface area contributed by atoms with Crippen LogP contribution in [-0.2, 0) is 4.74 Å². The molecule has 1 unspecified atom stereocenters. The van der Waals surface area contributed by atoms with Gasteiger partial charge in [0.05, 0.1) is 24.8 Å². The van der Waals surface area contributed by atoms with Crippen molar-refractivity contribution in [3.63, 3.8) is 0 Å². The Balaban J connectivity index is 1.48. The molecule has 1 saturated heterocycles. The highest BCUT2D eigenvalue weighted by atomic mass is 19.4. The van der Waals surface area contributed by atoms with Gasteiger partial charge >= 0.3 is 6.36 Å². The third-order valence-electron chi connectivity index (χ3n) is 6.25. The number of nitrogens with zero attached hydrogens (tertiary/aromatic N) is 3. The highest BCUT2D eigenvalue weighted by Crippen LogP contribution is 2.39. The highest BCUT2D eigenvalue weighted by Gasteiger charge is 2.31. The molecular formula is C28H26F3N3O3. The lowest BCUT2D eigenvalue weighted by Gasteiger charge is -2.36. The number of alkyl halides is 3. The zero-order valence-electron chi connectivity index (χ0n) is 20.6. The molecule has 0 radical (unpaired) electrons. The Bertz CT molecular complexity index is 1380. The van der Waals surface area contributed by atoms with Crippen molar-refractivity contribution >= 4 is 16.7 Å². The number of halogens is 3. The van der Waals surface area contributed by atoms with E-state index >= 15 is 0 Å². The normalized spacial score (nSPS) is 18.2. The summed E-state index contributed by atoms with van der Waals surface area (Å²) in [6, 6.07) is 15.4. The Kier molecular flexibility index (Phi) is 6.64. The van der Waals surface area contributed by atoms with Gasteiger partial charge in [-0.25, -0.2) is 4.98 Å². The van der Waals surface area contributed by atoms with E-state index in [1.807, 2.05) is 36.5 Å². The molecule has 0 N–H and O–H groups in total. The number of rotatable bonds is 5. The predicted octanol–water partition coefficient (Wildman–Crippen LogP) is 6.48. The lowest BCUT2D eigenvalue weighted by atomic mass is 9.99. The van der Waals surface area contributed by atoms with Crippen molar-refractivity contribution in [1.29, 1.82) is 0 Å². The number of hydrogen-bond acceptors (Lipinski definition) is 6. The first kappa shape index (κ1) is 24.8. The lowest BCUT2D eigenvalue weighted by Crippen LogP contribution is -2.45. The fourth-order valence-corrected chi connectivity index (χ4v) is 4.79. The molecule has 0 spiro atoms. The zero-order chi connectivity index (χ0) is 26.2. The summed E-state index contributed by atoms with van der Waals surface area (Å²) < 4.78 is 53.2. The van der Waals surface area contributed by atoms with Crippen LogP contribution in [0, 0.1) is 0 Å². The zero-order valence-corrected chi connectivity index (χ0v) is 20.6. The number of ether oxygens (including phenoxy) is 3. The second-order valence-electron chi connectivity index (χ2n) is 9.05. The minimum absolute atomic E-state index is 0.137. The van der Waals surface area contributed by atoms with E-state index in [4.69, 9.17) is 19.4 Å². The molecule has 2 aromatic heterocycles. The first-order chi connectivity index (χ1) is 17.7. The molecule has 1 aliphatic heterocycles. The number of hydrogen-bond donors (Lipinski definition) is 0. The summed E-state index contributed by atoms with van der Waals surface area (Å²) in [7, 11) is 1.60. The first-order valence-electron chi connectivity index (χ1n) is 11.9. The molecule has 2 aromatic carbocycles. The molecule has 192 valence electrons. The molecule has 2 atom stereocenters. The van der Waals surface area contributed by atoms with Gasteiger partial charge in [-0.3, -0.25) is 4.98 Å². The fraction of sp³-hybridized carbons (Fsp3) is 0.286. The third kappa shape index (κ3) is 5.32. The van der Waals surface area contributed by atoms with Crippen LogP contribution in [0.5, 0.6) is 11.5 Å². The molecule has 3 heterocycles. The van der Waals surface area contributed by atoms with Crippen LogP contribution >= 0.6 is 0 Å². The van der Waals surface area contributed by atoms with E-state index in [0.29, 0.717) is 16.8 Å². The lowest BCUT2D eigenvalue weighted by molar-refractivity contribution is -0.274. The van der Waals surface area contributed by atoms with Crippen molar-refractivity contribution in [1.82, 2.24) is 9.97 Å². The summed E-state index contributed by atoms with van der Waals surface area (Å²) in [6.07, 6.45) is -0.913. The number of morpholine rings is 1. The Hall–Kier alpha value is -3.85. The minimum atomic E-state index is -4.74. The molecular weight excluding hydrogens is 483 g/mol. The molecule has 0 amide bonds. The van der Waals surface area contributed by atoms with E-state index < -0.39 is 6.36 Å². The van der Waals surface area contributed by atoms with Crippen molar-refractivity contribution in [3.05, 3.63) is 67.0 Å². The maximum Gasteiger partial charge on any atom is 0.573 e. The van der Waals surface area contributed by atoms with Gasteiger partial charge in [0.2, 0.25) is 0 Å². The number of aromatic nitrogens is 2. The number of benzene rings is 2. The van der Waals surface area contributed by atoms with Gasteiger partial charge in [-0.05, 0) is 49.7 Å². The SMILES string of the molecule is COc1c(-c2ccc(N3CC(C)O[C@H](C)C3)nc2)cnc2c(-c3ccc(OC(F)(F)F)cc3)cccc12. The van der Waals surface area contributed by atoms with Crippen LogP contribution in [0.4, 0.5) is 19.0 Å². The molecule has 1 fully saturated rings. The molecule has 0 bridgehead atoms. The maximum absolute atomic E-state index is 12.5. The third-order valence-corrected chi connectivity index (χ3v) is 6.25. The van der Waals surface area contributed by atoms with Crippen LogP contribution in [0.3, 0.4) is 0 Å². The quantitative estimate of drug-likeness (QED) is 0.307. The largest absolute Gasteiger partial charge is 0.573 e. The number of anilines is 1. The van der Waals surface area contributed by atoms with Crippen molar-refractivity contribution in [2.24, 2.45) is 0 Å². The van der Waals surface area contributed by atoms with Gasteiger partial charge in [0.25, 0.3) is 0 Å². The Morgan fingerprint density at radius 2 is 1.57 bits per heavy atom.